The van der Waals surface area contributed by atoms with Crippen molar-refractivity contribution in [2.24, 2.45) is 0 Å². The molecule has 1 aromatic carbocycles. The average molecular weight is 460 g/mol. The van der Waals surface area contributed by atoms with Crippen molar-refractivity contribution in [1.82, 2.24) is 19.6 Å². The summed E-state index contributed by atoms with van der Waals surface area (Å²) in [6, 6.07) is 15.5. The van der Waals surface area contributed by atoms with Gasteiger partial charge in [-0.3, -0.25) is 9.20 Å². The van der Waals surface area contributed by atoms with Gasteiger partial charge in [-0.1, -0.05) is 23.9 Å². The number of piperidine rings is 1. The summed E-state index contributed by atoms with van der Waals surface area (Å²) in [6.45, 7) is 3.52. The number of aromatic nitrogens is 2. The number of hydrogen-bond donors (Lipinski definition) is 1. The summed E-state index contributed by atoms with van der Waals surface area (Å²) in [5, 5.41) is 13.2. The van der Waals surface area contributed by atoms with Crippen LogP contribution in [0.4, 0.5) is 0 Å². The van der Waals surface area contributed by atoms with Crippen molar-refractivity contribution in [3.8, 4) is 11.8 Å². The van der Waals surface area contributed by atoms with Crippen LogP contribution in [0.1, 0.15) is 30.5 Å². The molecule has 8 heteroatoms. The highest BCUT2D eigenvalue weighted by Crippen LogP contribution is 2.34. The van der Waals surface area contributed by atoms with E-state index in [2.05, 4.69) is 25.7 Å². The Morgan fingerprint density at radius 1 is 1.24 bits per heavy atom. The molecular formula is C25H25N5O2S. The maximum Gasteiger partial charge on any atom is 0.258 e. The second kappa shape index (κ2) is 9.69. The molecule has 1 saturated heterocycles. The zero-order chi connectivity index (χ0) is 22.6. The van der Waals surface area contributed by atoms with E-state index < -0.39 is 0 Å². The molecule has 1 fully saturated rings. The lowest BCUT2D eigenvalue weighted by molar-refractivity contribution is -0.117. The maximum atomic E-state index is 12.9. The molecule has 1 amide bonds. The molecule has 168 valence electrons. The number of nitriles is 1. The molecule has 0 spiro atoms. The Balaban J connectivity index is 1.06. The zero-order valence-electron chi connectivity index (χ0n) is 18.2. The van der Waals surface area contributed by atoms with Gasteiger partial charge in [-0.15, -0.1) is 0 Å². The molecule has 5 rings (SSSR count). The summed E-state index contributed by atoms with van der Waals surface area (Å²) in [5.41, 5.74) is 2.46. The number of nitrogens with one attached hydrogen (secondary N) is 1. The molecule has 0 bridgehead atoms. The number of nitrogens with zero attached hydrogens (tertiary/aromatic N) is 4. The van der Waals surface area contributed by atoms with Crippen LogP contribution in [0, 0.1) is 11.3 Å². The summed E-state index contributed by atoms with van der Waals surface area (Å²) in [6.07, 6.45) is 6.56. The van der Waals surface area contributed by atoms with Gasteiger partial charge in [-0.25, -0.2) is 4.98 Å². The van der Waals surface area contributed by atoms with Crippen LogP contribution in [0.25, 0.3) is 11.7 Å². The van der Waals surface area contributed by atoms with E-state index in [4.69, 9.17) is 10.00 Å². The molecule has 0 saturated carbocycles. The number of likely N-dealkylation sites (tertiary alicyclic amines) is 1. The summed E-state index contributed by atoms with van der Waals surface area (Å²) in [5.74, 6) is 0.737. The van der Waals surface area contributed by atoms with E-state index in [1.807, 2.05) is 42.6 Å². The van der Waals surface area contributed by atoms with Crippen LogP contribution in [0.3, 0.4) is 0 Å². The Morgan fingerprint density at radius 2 is 2.09 bits per heavy atom. The van der Waals surface area contributed by atoms with Crippen molar-refractivity contribution in [2.45, 2.75) is 30.3 Å². The highest BCUT2D eigenvalue weighted by Gasteiger charge is 2.24. The lowest BCUT2D eigenvalue weighted by atomic mass is 10.0. The number of amides is 1. The first kappa shape index (κ1) is 21.6. The maximum absolute atomic E-state index is 12.9. The van der Waals surface area contributed by atoms with Gasteiger partial charge < -0.3 is 15.0 Å². The SMILES string of the molecule is N#Cc1cccc(OCCCN2CCC(NC(=O)C3=Cc4cnc5cccc(n45)S3)CC2)c1. The number of ether oxygens (including phenoxy) is 1. The Bertz CT molecular complexity index is 1240. The number of pyridine rings is 1. The minimum absolute atomic E-state index is 0.00379. The largest absolute Gasteiger partial charge is 0.494 e. The van der Waals surface area contributed by atoms with Crippen LogP contribution in [0.15, 0.2) is 58.6 Å². The lowest BCUT2D eigenvalue weighted by Crippen LogP contribution is -2.45. The molecular weight excluding hydrogens is 434 g/mol. The van der Waals surface area contributed by atoms with E-state index in [9.17, 15) is 4.79 Å². The van der Waals surface area contributed by atoms with E-state index in [1.165, 1.54) is 11.8 Å². The highest BCUT2D eigenvalue weighted by atomic mass is 32.2. The zero-order valence-corrected chi connectivity index (χ0v) is 19.1. The minimum Gasteiger partial charge on any atom is -0.494 e. The molecule has 0 radical (unpaired) electrons. The van der Waals surface area contributed by atoms with Gasteiger partial charge in [0.25, 0.3) is 5.91 Å². The van der Waals surface area contributed by atoms with Gasteiger partial charge in [0.15, 0.2) is 0 Å². The quantitative estimate of drug-likeness (QED) is 0.543. The van der Waals surface area contributed by atoms with Crippen LogP contribution >= 0.6 is 11.8 Å². The summed E-state index contributed by atoms with van der Waals surface area (Å²) >= 11 is 1.50. The van der Waals surface area contributed by atoms with E-state index in [1.54, 1.807) is 12.1 Å². The summed E-state index contributed by atoms with van der Waals surface area (Å²) in [7, 11) is 0. The van der Waals surface area contributed by atoms with Crippen molar-refractivity contribution < 1.29 is 9.53 Å². The number of rotatable bonds is 7. The predicted molar refractivity (Wildman–Crippen MR) is 128 cm³/mol. The third-order valence-corrected chi connectivity index (χ3v) is 7.06. The first-order valence-corrected chi connectivity index (χ1v) is 12.0. The summed E-state index contributed by atoms with van der Waals surface area (Å²) < 4.78 is 7.84. The highest BCUT2D eigenvalue weighted by molar-refractivity contribution is 8.04. The van der Waals surface area contributed by atoms with Gasteiger partial charge in [-0.05, 0) is 55.7 Å². The van der Waals surface area contributed by atoms with E-state index >= 15 is 0 Å². The molecule has 0 atom stereocenters. The number of hydrogen-bond acceptors (Lipinski definition) is 6. The summed E-state index contributed by atoms with van der Waals surface area (Å²) in [4.78, 5) is 20.5. The van der Waals surface area contributed by atoms with Crippen LogP contribution in [-0.4, -0.2) is 52.5 Å². The number of benzene rings is 1. The number of carbonyl (C=O) groups is 1. The van der Waals surface area contributed by atoms with Crippen LogP contribution in [0.5, 0.6) is 5.75 Å². The van der Waals surface area contributed by atoms with Crippen LogP contribution < -0.4 is 10.1 Å². The van der Waals surface area contributed by atoms with Gasteiger partial charge in [0.1, 0.15) is 11.4 Å². The minimum atomic E-state index is -0.00379. The van der Waals surface area contributed by atoms with Crippen molar-refractivity contribution in [3.63, 3.8) is 0 Å². The molecule has 3 aromatic rings. The van der Waals surface area contributed by atoms with Gasteiger partial charge in [0.2, 0.25) is 0 Å². The predicted octanol–water partition coefficient (Wildman–Crippen LogP) is 3.70. The number of imidazole rings is 1. The van der Waals surface area contributed by atoms with E-state index in [-0.39, 0.29) is 11.9 Å². The smallest absolute Gasteiger partial charge is 0.258 e. The second-order valence-corrected chi connectivity index (χ2v) is 9.34. The number of thioether (sulfide) groups is 1. The van der Waals surface area contributed by atoms with Gasteiger partial charge in [0.05, 0.1) is 40.1 Å². The van der Waals surface area contributed by atoms with Crippen LogP contribution in [0.2, 0.25) is 0 Å². The monoisotopic (exact) mass is 459 g/mol. The molecule has 2 aliphatic heterocycles. The second-order valence-electron chi connectivity index (χ2n) is 8.28. The fourth-order valence-corrected chi connectivity index (χ4v) is 5.28. The van der Waals surface area contributed by atoms with E-state index in [0.29, 0.717) is 12.2 Å². The number of carbonyl (C=O) groups excluding carboxylic acids is 1. The van der Waals surface area contributed by atoms with Gasteiger partial charge in [-0.2, -0.15) is 5.26 Å². The van der Waals surface area contributed by atoms with Crippen LogP contribution in [-0.2, 0) is 4.79 Å². The third kappa shape index (κ3) is 4.90. The lowest BCUT2D eigenvalue weighted by Gasteiger charge is -2.32. The van der Waals surface area contributed by atoms with E-state index in [0.717, 1.165) is 65.9 Å². The van der Waals surface area contributed by atoms with Crippen molar-refractivity contribution in [3.05, 3.63) is 64.8 Å². The molecule has 2 aliphatic rings. The molecule has 0 unspecified atom stereocenters. The van der Waals surface area contributed by atoms with Gasteiger partial charge >= 0.3 is 0 Å². The third-order valence-electron chi connectivity index (χ3n) is 6.01. The fourth-order valence-electron chi connectivity index (χ4n) is 4.29. The molecule has 2 aromatic heterocycles. The molecule has 33 heavy (non-hydrogen) atoms. The Kier molecular flexibility index (Phi) is 6.33. The van der Waals surface area contributed by atoms with Crippen molar-refractivity contribution in [1.29, 1.82) is 5.26 Å². The molecule has 7 nitrogen and oxygen atoms in total. The Labute approximate surface area is 197 Å². The topological polar surface area (TPSA) is 82.7 Å². The molecule has 4 heterocycles. The molecule has 0 aliphatic carbocycles. The van der Waals surface area contributed by atoms with Gasteiger partial charge in [0, 0.05) is 25.7 Å². The van der Waals surface area contributed by atoms with Crippen molar-refractivity contribution >= 4 is 29.4 Å². The first-order valence-electron chi connectivity index (χ1n) is 11.2. The fraction of sp³-hybridized carbons (Fsp3) is 0.320. The Hall–Kier alpha value is -3.28. The average Bonchev–Trinajstić information content (AvgIpc) is 3.27. The molecule has 1 N–H and O–H groups in total. The normalized spacial score (nSPS) is 16.3. The Morgan fingerprint density at radius 3 is 2.94 bits per heavy atom. The first-order chi connectivity index (χ1) is 16.2. The van der Waals surface area contributed by atoms with Crippen molar-refractivity contribution in [2.75, 3.05) is 26.2 Å². The standard InChI is InChI=1S/C25H25N5O2S/c26-16-18-4-1-5-21(14-18)32-13-3-10-29-11-8-19(9-12-29)28-25(31)22-15-20-17-27-23-6-2-7-24(33-22)30(20)23/h1-2,4-7,14-15,17,19H,3,8-13H2,(H,28,31).